The number of hydrogen-bond donors (Lipinski definition) is 1. The van der Waals surface area contributed by atoms with Gasteiger partial charge in [-0.05, 0) is 24.6 Å². The highest BCUT2D eigenvalue weighted by Gasteiger charge is 2.07. The number of nitrogen functional groups attached to an aromatic ring is 1. The zero-order valence-corrected chi connectivity index (χ0v) is 8.44. The maximum atomic E-state index is 13.5. The Morgan fingerprint density at radius 1 is 1.43 bits per heavy atom. The first kappa shape index (κ1) is 9.15. The van der Waals surface area contributed by atoms with Crippen molar-refractivity contribution >= 4 is 16.5 Å². The first-order valence-electron chi connectivity index (χ1n) is 4.14. The van der Waals surface area contributed by atoms with E-state index in [4.69, 9.17) is 5.73 Å². The lowest BCUT2D eigenvalue weighted by Gasteiger charge is -1.99. The van der Waals surface area contributed by atoms with Crippen LogP contribution < -0.4 is 5.73 Å². The summed E-state index contributed by atoms with van der Waals surface area (Å²) >= 11 is 1.31. The molecule has 0 radical (unpaired) electrons. The third-order valence-electron chi connectivity index (χ3n) is 1.92. The van der Waals surface area contributed by atoms with Crippen LogP contribution in [0.3, 0.4) is 0 Å². The standard InChI is InChI=1S/C10H9FN2S/c1-6-2-3-7(8(11)4-6)9-5-14-10(12)13-9/h2-5H,1H3,(H2,12,13). The van der Waals surface area contributed by atoms with E-state index in [0.29, 0.717) is 16.4 Å². The van der Waals surface area contributed by atoms with Gasteiger partial charge in [-0.2, -0.15) is 0 Å². The number of rotatable bonds is 1. The minimum absolute atomic E-state index is 0.254. The average molecular weight is 208 g/mol. The molecule has 0 amide bonds. The molecule has 2 rings (SSSR count). The van der Waals surface area contributed by atoms with Gasteiger partial charge in [-0.15, -0.1) is 11.3 Å². The molecule has 1 heterocycles. The first-order valence-corrected chi connectivity index (χ1v) is 5.02. The Balaban J connectivity index is 2.52. The molecule has 72 valence electrons. The lowest BCUT2D eigenvalue weighted by molar-refractivity contribution is 0.629. The van der Waals surface area contributed by atoms with Gasteiger partial charge in [-0.25, -0.2) is 9.37 Å². The van der Waals surface area contributed by atoms with E-state index in [1.54, 1.807) is 11.4 Å². The van der Waals surface area contributed by atoms with Gasteiger partial charge in [0.25, 0.3) is 0 Å². The van der Waals surface area contributed by atoms with E-state index in [-0.39, 0.29) is 5.82 Å². The maximum absolute atomic E-state index is 13.5. The fourth-order valence-corrected chi connectivity index (χ4v) is 1.80. The van der Waals surface area contributed by atoms with Crippen LogP contribution in [0.5, 0.6) is 0 Å². The predicted octanol–water partition coefficient (Wildman–Crippen LogP) is 2.84. The SMILES string of the molecule is Cc1ccc(-c2csc(N)n2)c(F)c1. The molecule has 4 heteroatoms. The molecule has 0 atom stereocenters. The predicted molar refractivity (Wildman–Crippen MR) is 56.7 cm³/mol. The highest BCUT2D eigenvalue weighted by atomic mass is 32.1. The molecule has 2 N–H and O–H groups in total. The van der Waals surface area contributed by atoms with Gasteiger partial charge in [-0.3, -0.25) is 0 Å². The van der Waals surface area contributed by atoms with E-state index in [2.05, 4.69) is 4.98 Å². The smallest absolute Gasteiger partial charge is 0.180 e. The molecule has 0 aliphatic rings. The summed E-state index contributed by atoms with van der Waals surface area (Å²) in [5, 5.41) is 2.21. The molecule has 2 aromatic rings. The van der Waals surface area contributed by atoms with Crippen molar-refractivity contribution in [3.63, 3.8) is 0 Å². The highest BCUT2D eigenvalue weighted by Crippen LogP contribution is 2.25. The lowest BCUT2D eigenvalue weighted by Crippen LogP contribution is -1.87. The Bertz CT molecular complexity index is 465. The summed E-state index contributed by atoms with van der Waals surface area (Å²) < 4.78 is 13.5. The van der Waals surface area contributed by atoms with Crippen molar-refractivity contribution in [3.05, 3.63) is 35.0 Å². The maximum Gasteiger partial charge on any atom is 0.180 e. The third kappa shape index (κ3) is 1.61. The van der Waals surface area contributed by atoms with Gasteiger partial charge in [0, 0.05) is 10.9 Å². The van der Waals surface area contributed by atoms with E-state index in [1.807, 2.05) is 13.0 Å². The Hall–Kier alpha value is -1.42. The van der Waals surface area contributed by atoms with Gasteiger partial charge < -0.3 is 5.73 Å². The molecule has 0 fully saturated rings. The molecule has 2 nitrogen and oxygen atoms in total. The van der Waals surface area contributed by atoms with Gasteiger partial charge in [-0.1, -0.05) is 6.07 Å². The molecule has 14 heavy (non-hydrogen) atoms. The first-order chi connectivity index (χ1) is 6.66. The second kappa shape index (κ2) is 3.38. The number of hydrogen-bond acceptors (Lipinski definition) is 3. The summed E-state index contributed by atoms with van der Waals surface area (Å²) in [6.07, 6.45) is 0. The van der Waals surface area contributed by atoms with Crippen LogP contribution in [0, 0.1) is 12.7 Å². The summed E-state index contributed by atoms with van der Waals surface area (Å²) in [7, 11) is 0. The number of aromatic nitrogens is 1. The molecule has 0 saturated heterocycles. The minimum Gasteiger partial charge on any atom is -0.375 e. The van der Waals surface area contributed by atoms with Crippen molar-refractivity contribution < 1.29 is 4.39 Å². The quantitative estimate of drug-likeness (QED) is 0.782. The number of halogens is 1. The van der Waals surface area contributed by atoms with Gasteiger partial charge in [0.05, 0.1) is 5.69 Å². The summed E-state index contributed by atoms with van der Waals surface area (Å²) in [6, 6.07) is 5.07. The molecule has 0 unspecified atom stereocenters. The summed E-state index contributed by atoms with van der Waals surface area (Å²) in [6.45, 7) is 1.85. The van der Waals surface area contributed by atoms with Gasteiger partial charge in [0.1, 0.15) is 5.82 Å². The Morgan fingerprint density at radius 3 is 2.79 bits per heavy atom. The molecule has 0 saturated carbocycles. The Kier molecular flexibility index (Phi) is 2.21. The van der Waals surface area contributed by atoms with Gasteiger partial charge in [0.15, 0.2) is 5.13 Å². The fourth-order valence-electron chi connectivity index (χ4n) is 1.24. The van der Waals surface area contributed by atoms with E-state index in [9.17, 15) is 4.39 Å². The van der Waals surface area contributed by atoms with Crippen LogP contribution in [-0.2, 0) is 0 Å². The lowest BCUT2D eigenvalue weighted by atomic mass is 10.1. The second-order valence-electron chi connectivity index (χ2n) is 3.05. The van der Waals surface area contributed by atoms with E-state index >= 15 is 0 Å². The summed E-state index contributed by atoms with van der Waals surface area (Å²) in [5.74, 6) is -0.254. The monoisotopic (exact) mass is 208 g/mol. The van der Waals surface area contributed by atoms with Crippen molar-refractivity contribution in [1.82, 2.24) is 4.98 Å². The molecule has 1 aromatic heterocycles. The van der Waals surface area contributed by atoms with Crippen molar-refractivity contribution in [3.8, 4) is 11.3 Å². The van der Waals surface area contributed by atoms with Crippen LogP contribution >= 0.6 is 11.3 Å². The summed E-state index contributed by atoms with van der Waals surface area (Å²) in [4.78, 5) is 4.03. The van der Waals surface area contributed by atoms with Crippen molar-refractivity contribution in [2.24, 2.45) is 0 Å². The van der Waals surface area contributed by atoms with Gasteiger partial charge >= 0.3 is 0 Å². The van der Waals surface area contributed by atoms with E-state index in [0.717, 1.165) is 5.56 Å². The molecule has 0 aliphatic carbocycles. The zero-order valence-electron chi connectivity index (χ0n) is 7.62. The molecular weight excluding hydrogens is 199 g/mol. The molecule has 0 spiro atoms. The Labute approximate surface area is 85.2 Å². The topological polar surface area (TPSA) is 38.9 Å². The van der Waals surface area contributed by atoms with Crippen molar-refractivity contribution in [1.29, 1.82) is 0 Å². The van der Waals surface area contributed by atoms with E-state index in [1.165, 1.54) is 17.4 Å². The Morgan fingerprint density at radius 2 is 2.21 bits per heavy atom. The van der Waals surface area contributed by atoms with Crippen LogP contribution in [0.4, 0.5) is 9.52 Å². The normalized spacial score (nSPS) is 10.4. The number of nitrogens with two attached hydrogens (primary N) is 1. The van der Waals surface area contributed by atoms with Crippen LogP contribution in [0.15, 0.2) is 23.6 Å². The number of anilines is 1. The molecular formula is C10H9FN2S. The largest absolute Gasteiger partial charge is 0.375 e. The van der Waals surface area contributed by atoms with Crippen LogP contribution in [0.1, 0.15) is 5.56 Å². The van der Waals surface area contributed by atoms with Crippen molar-refractivity contribution in [2.45, 2.75) is 6.92 Å². The molecule has 0 bridgehead atoms. The zero-order chi connectivity index (χ0) is 10.1. The third-order valence-corrected chi connectivity index (χ3v) is 2.60. The molecule has 0 aliphatic heterocycles. The molecule has 1 aromatic carbocycles. The highest BCUT2D eigenvalue weighted by molar-refractivity contribution is 7.13. The summed E-state index contributed by atoms with van der Waals surface area (Å²) in [5.41, 5.74) is 7.48. The second-order valence-corrected chi connectivity index (χ2v) is 3.94. The van der Waals surface area contributed by atoms with Crippen LogP contribution in [0.2, 0.25) is 0 Å². The number of thiazole rings is 1. The van der Waals surface area contributed by atoms with Gasteiger partial charge in [0.2, 0.25) is 0 Å². The fraction of sp³-hybridized carbons (Fsp3) is 0.100. The number of benzene rings is 1. The van der Waals surface area contributed by atoms with Crippen LogP contribution in [0.25, 0.3) is 11.3 Å². The van der Waals surface area contributed by atoms with E-state index < -0.39 is 0 Å². The minimum atomic E-state index is -0.254. The van der Waals surface area contributed by atoms with Crippen molar-refractivity contribution in [2.75, 3.05) is 5.73 Å². The number of nitrogens with zero attached hydrogens (tertiary/aromatic N) is 1. The average Bonchev–Trinajstić information content (AvgIpc) is 2.51. The van der Waals surface area contributed by atoms with Crippen LogP contribution in [-0.4, -0.2) is 4.98 Å². The number of aryl methyl sites for hydroxylation is 1.